The number of carboxylic acids is 3. The van der Waals surface area contributed by atoms with Gasteiger partial charge in [0.25, 0.3) is 0 Å². The number of hydrogen-bond acceptors (Lipinski definition) is 11. The minimum absolute atomic E-state index is 0.00848. The number of benzene rings is 2. The molecule has 1 fully saturated rings. The van der Waals surface area contributed by atoms with Crippen LogP contribution in [0, 0.1) is 11.7 Å². The van der Waals surface area contributed by atoms with Gasteiger partial charge in [0, 0.05) is 102 Å². The first-order chi connectivity index (χ1) is 32.5. The maximum atomic E-state index is 13.6. The lowest BCUT2D eigenvalue weighted by molar-refractivity contribution is -0.140. The highest BCUT2D eigenvalue weighted by atomic mass is 32.1. The van der Waals surface area contributed by atoms with Crippen LogP contribution >= 0.6 is 12.2 Å². The molecule has 0 saturated carbocycles. The molecular weight excluding hydrogens is 898 g/mol. The zero-order valence-corrected chi connectivity index (χ0v) is 40.8. The van der Waals surface area contributed by atoms with Gasteiger partial charge in [-0.05, 0) is 120 Å². The van der Waals surface area contributed by atoms with E-state index in [1.54, 1.807) is 12.1 Å². The molecule has 378 valence electrons. The van der Waals surface area contributed by atoms with Crippen molar-refractivity contribution >= 4 is 58.6 Å². The fraction of sp³-hybridized carbons (Fsp3) is 0.604. The number of carbonyl (C=O) groups excluding carboxylic acids is 3. The molecule has 1 aliphatic rings. The van der Waals surface area contributed by atoms with Crippen molar-refractivity contribution in [3.8, 4) is 0 Å². The quantitative estimate of drug-likeness (QED) is 0.0473. The number of Topliss-reactive ketones (excluding diaryl/α,β-unsaturated/α-hetero) is 1. The van der Waals surface area contributed by atoms with Crippen molar-refractivity contribution in [2.75, 3.05) is 98.5 Å². The number of hydrogen-bond donors (Lipinski definition) is 8. The number of nitrogens with one attached hydrogen (secondary N) is 5. The van der Waals surface area contributed by atoms with Crippen molar-refractivity contribution in [3.05, 3.63) is 65.5 Å². The van der Waals surface area contributed by atoms with E-state index in [0.29, 0.717) is 55.9 Å². The molecule has 0 radical (unpaired) electrons. The Morgan fingerprint density at radius 3 is 1.94 bits per heavy atom. The normalized spacial score (nSPS) is 16.6. The van der Waals surface area contributed by atoms with Crippen molar-refractivity contribution in [2.45, 2.75) is 89.1 Å². The lowest BCUT2D eigenvalue weighted by Gasteiger charge is -2.36. The number of carbonyl (C=O) groups is 6. The third-order valence-corrected chi connectivity index (χ3v) is 12.1. The van der Waals surface area contributed by atoms with E-state index < -0.39 is 41.7 Å². The second kappa shape index (κ2) is 31.7. The number of amides is 3. The molecule has 18 nitrogen and oxygen atoms in total. The SMILES string of the molecule is CN1CCN(C)CCN(CC(=O)O)C(Cc2ccc(NC(=S)NCCCCCC(=O)C[C@@H](Cc3ccc(F)cc3)C(=O)NCCCC[C@H](NC(=O)NCCCC(=O)O)C(=O)O)cc2)CN(C)CC1. The van der Waals surface area contributed by atoms with Crippen LogP contribution in [0.5, 0.6) is 0 Å². The molecule has 3 rings (SSSR count). The van der Waals surface area contributed by atoms with Gasteiger partial charge >= 0.3 is 23.9 Å². The van der Waals surface area contributed by atoms with E-state index >= 15 is 0 Å². The van der Waals surface area contributed by atoms with Gasteiger partial charge in [0.05, 0.1) is 6.54 Å². The molecule has 1 saturated heterocycles. The van der Waals surface area contributed by atoms with Gasteiger partial charge in [0.2, 0.25) is 5.91 Å². The number of thiocarbonyl (C=S) groups is 1. The Bertz CT molecular complexity index is 1900. The smallest absolute Gasteiger partial charge is 0.326 e. The van der Waals surface area contributed by atoms with Crippen LogP contribution in [-0.4, -0.2) is 181 Å². The number of anilines is 1. The first-order valence-corrected chi connectivity index (χ1v) is 24.1. The highest BCUT2D eigenvalue weighted by Crippen LogP contribution is 2.18. The lowest BCUT2D eigenvalue weighted by Crippen LogP contribution is -2.50. The Labute approximate surface area is 405 Å². The van der Waals surface area contributed by atoms with E-state index in [-0.39, 0.29) is 69.5 Å². The first kappa shape index (κ1) is 57.0. The number of likely N-dealkylation sites (N-methyl/N-ethyl adjacent to an activating group) is 3. The van der Waals surface area contributed by atoms with Crippen LogP contribution in [0.2, 0.25) is 0 Å². The summed E-state index contributed by atoms with van der Waals surface area (Å²) in [6, 6.07) is 12.0. The molecule has 1 heterocycles. The van der Waals surface area contributed by atoms with Gasteiger partial charge < -0.3 is 56.6 Å². The summed E-state index contributed by atoms with van der Waals surface area (Å²) in [6.45, 7) is 6.79. The highest BCUT2D eigenvalue weighted by molar-refractivity contribution is 7.80. The Kier molecular flexibility index (Phi) is 26.6. The predicted molar refractivity (Wildman–Crippen MR) is 263 cm³/mol. The summed E-state index contributed by atoms with van der Waals surface area (Å²) >= 11 is 5.55. The molecule has 2 aromatic rings. The topological polar surface area (TPSA) is 236 Å². The predicted octanol–water partition coefficient (Wildman–Crippen LogP) is 3.50. The summed E-state index contributed by atoms with van der Waals surface area (Å²) in [7, 11) is 6.31. The molecule has 8 N–H and O–H groups in total. The number of urea groups is 1. The molecule has 68 heavy (non-hydrogen) atoms. The molecule has 3 atom stereocenters. The third kappa shape index (κ3) is 24.7. The molecule has 1 unspecified atom stereocenters. The van der Waals surface area contributed by atoms with Crippen molar-refractivity contribution in [1.29, 1.82) is 0 Å². The van der Waals surface area contributed by atoms with E-state index in [1.807, 2.05) is 24.3 Å². The largest absolute Gasteiger partial charge is 0.481 e. The van der Waals surface area contributed by atoms with Gasteiger partial charge in [-0.3, -0.25) is 24.1 Å². The average molecular weight is 972 g/mol. The van der Waals surface area contributed by atoms with Crippen molar-refractivity contribution < 1.29 is 48.5 Å². The number of rotatable bonds is 27. The van der Waals surface area contributed by atoms with Crippen LogP contribution in [0.3, 0.4) is 0 Å². The summed E-state index contributed by atoms with van der Waals surface area (Å²) in [5.41, 5.74) is 2.64. The summed E-state index contributed by atoms with van der Waals surface area (Å²) in [5.74, 6) is -4.55. The summed E-state index contributed by atoms with van der Waals surface area (Å²) in [4.78, 5) is 81.7. The van der Waals surface area contributed by atoms with Gasteiger partial charge in [0.1, 0.15) is 17.6 Å². The molecule has 20 heteroatoms. The second-order valence-corrected chi connectivity index (χ2v) is 18.2. The Hall–Kier alpha value is -5.28. The standard InChI is InChI=1S/C48H74FN9O9S/c1-55-24-25-56(2)28-29-58(34-44(62)63)40(33-57(3)27-26-55)31-36-15-19-39(20-16-36)53-48(68)52-22-7-4-5-10-41(59)32-37(30-35-13-17-38(49)18-14-35)45(64)50-21-8-6-11-42(46(65)66)54-47(67)51-23-9-12-43(60)61/h13-20,37,40,42H,4-12,21-34H2,1-3H3,(H,50,64)(H,60,61)(H,62,63)(H,65,66)(H2,51,54,67)(H2,52,53,68)/t37-,40?,42+/m1/s1. The van der Waals surface area contributed by atoms with Gasteiger partial charge in [-0.1, -0.05) is 30.7 Å². The number of nitrogens with zero attached hydrogens (tertiary/aromatic N) is 4. The second-order valence-electron chi connectivity index (χ2n) is 17.8. The first-order valence-electron chi connectivity index (χ1n) is 23.7. The summed E-state index contributed by atoms with van der Waals surface area (Å²) in [5, 5.41) is 42.6. The van der Waals surface area contributed by atoms with E-state index in [0.717, 1.165) is 63.4 Å². The number of carboxylic acid groups (broad SMARTS) is 3. The van der Waals surface area contributed by atoms with E-state index in [9.17, 15) is 43.4 Å². The van der Waals surface area contributed by atoms with E-state index in [4.69, 9.17) is 17.3 Å². The fourth-order valence-corrected chi connectivity index (χ4v) is 8.02. The van der Waals surface area contributed by atoms with Gasteiger partial charge in [-0.25, -0.2) is 14.0 Å². The summed E-state index contributed by atoms with van der Waals surface area (Å²) in [6.07, 6.45) is 4.35. The van der Waals surface area contributed by atoms with Crippen molar-refractivity contribution in [1.82, 2.24) is 40.9 Å². The molecule has 0 bridgehead atoms. The number of halogens is 1. The van der Waals surface area contributed by atoms with Crippen LogP contribution in [0.4, 0.5) is 14.9 Å². The molecular formula is C48H74FN9O9S. The zero-order valence-electron chi connectivity index (χ0n) is 40.0. The Balaban J connectivity index is 1.41. The van der Waals surface area contributed by atoms with Crippen LogP contribution in [0.1, 0.15) is 75.3 Å². The molecule has 2 aromatic carbocycles. The Morgan fingerprint density at radius 1 is 0.691 bits per heavy atom. The van der Waals surface area contributed by atoms with Crippen molar-refractivity contribution in [3.63, 3.8) is 0 Å². The minimum atomic E-state index is -1.22. The molecule has 0 aliphatic carbocycles. The van der Waals surface area contributed by atoms with Crippen LogP contribution in [-0.2, 0) is 36.8 Å². The molecule has 1 aliphatic heterocycles. The summed E-state index contributed by atoms with van der Waals surface area (Å²) < 4.78 is 13.6. The van der Waals surface area contributed by atoms with Crippen LogP contribution < -0.4 is 26.6 Å². The maximum Gasteiger partial charge on any atom is 0.326 e. The van der Waals surface area contributed by atoms with Gasteiger partial charge in [0.15, 0.2) is 5.11 Å². The number of unbranched alkanes of at least 4 members (excludes halogenated alkanes) is 3. The highest BCUT2D eigenvalue weighted by Gasteiger charge is 2.25. The molecule has 0 aromatic heterocycles. The molecule has 3 amide bonds. The van der Waals surface area contributed by atoms with Crippen molar-refractivity contribution in [2.24, 2.45) is 5.92 Å². The van der Waals surface area contributed by atoms with Gasteiger partial charge in [-0.2, -0.15) is 0 Å². The Morgan fingerprint density at radius 2 is 1.29 bits per heavy atom. The van der Waals surface area contributed by atoms with E-state index in [1.165, 1.54) is 12.1 Å². The average Bonchev–Trinajstić information content (AvgIpc) is 3.28. The minimum Gasteiger partial charge on any atom is -0.481 e. The van der Waals surface area contributed by atoms with Gasteiger partial charge in [-0.15, -0.1) is 0 Å². The van der Waals surface area contributed by atoms with Crippen LogP contribution in [0.25, 0.3) is 0 Å². The monoisotopic (exact) mass is 972 g/mol. The van der Waals surface area contributed by atoms with Crippen LogP contribution in [0.15, 0.2) is 48.5 Å². The van der Waals surface area contributed by atoms with E-state index in [2.05, 4.69) is 67.3 Å². The zero-order chi connectivity index (χ0) is 49.8. The fourth-order valence-electron chi connectivity index (χ4n) is 7.80. The number of aliphatic carboxylic acids is 3. The third-order valence-electron chi connectivity index (χ3n) is 11.9. The molecule has 0 spiro atoms. The lowest BCUT2D eigenvalue weighted by atomic mass is 9.91. The maximum absolute atomic E-state index is 13.6. The number of ketones is 1.